The predicted molar refractivity (Wildman–Crippen MR) is 85.5 cm³/mol. The van der Waals surface area contributed by atoms with E-state index in [-0.39, 0.29) is 0 Å². The van der Waals surface area contributed by atoms with E-state index in [1.165, 1.54) is 31.2 Å². The smallest absolute Gasteiger partial charge is 0.174 e. The van der Waals surface area contributed by atoms with Crippen molar-refractivity contribution in [1.29, 1.82) is 0 Å². The third-order valence-corrected chi connectivity index (χ3v) is 4.61. The summed E-state index contributed by atoms with van der Waals surface area (Å²) in [6.45, 7) is 3.22. The van der Waals surface area contributed by atoms with E-state index >= 15 is 0 Å². The third kappa shape index (κ3) is 3.89. The van der Waals surface area contributed by atoms with Crippen molar-refractivity contribution < 1.29 is 9.47 Å². The highest BCUT2D eigenvalue weighted by Crippen LogP contribution is 2.36. The Morgan fingerprint density at radius 1 is 1.25 bits per heavy atom. The van der Waals surface area contributed by atoms with Crippen LogP contribution in [0.4, 0.5) is 0 Å². The number of hydrogen-bond acceptors (Lipinski definition) is 3. The first-order valence-corrected chi connectivity index (χ1v) is 8.07. The van der Waals surface area contributed by atoms with Crippen molar-refractivity contribution >= 4 is 15.9 Å². The second-order valence-electron chi connectivity index (χ2n) is 5.66. The minimum atomic E-state index is 0.644. The molecule has 0 bridgehead atoms. The topological polar surface area (TPSA) is 30.5 Å². The molecule has 1 aromatic carbocycles. The monoisotopic (exact) mass is 341 g/mol. The average Bonchev–Trinajstić information content (AvgIpc) is 2.44. The summed E-state index contributed by atoms with van der Waals surface area (Å²) >= 11 is 3.54. The summed E-state index contributed by atoms with van der Waals surface area (Å²) < 4.78 is 11.7. The molecule has 1 saturated carbocycles. The maximum absolute atomic E-state index is 5.38. The molecule has 2 rings (SSSR count). The van der Waals surface area contributed by atoms with Crippen molar-refractivity contribution in [3.8, 4) is 11.5 Å². The highest BCUT2D eigenvalue weighted by molar-refractivity contribution is 9.10. The fourth-order valence-corrected chi connectivity index (χ4v) is 3.61. The van der Waals surface area contributed by atoms with E-state index in [2.05, 4.69) is 34.2 Å². The van der Waals surface area contributed by atoms with Crippen LogP contribution in [-0.4, -0.2) is 20.3 Å². The molecular weight excluding hydrogens is 318 g/mol. The highest BCUT2D eigenvalue weighted by Gasteiger charge is 2.18. The summed E-state index contributed by atoms with van der Waals surface area (Å²) in [7, 11) is 3.33. The lowest BCUT2D eigenvalue weighted by Crippen LogP contribution is -2.33. The van der Waals surface area contributed by atoms with Crippen LogP contribution in [0.1, 0.15) is 38.2 Å². The number of benzene rings is 1. The Morgan fingerprint density at radius 3 is 2.70 bits per heavy atom. The van der Waals surface area contributed by atoms with Gasteiger partial charge in [-0.25, -0.2) is 0 Å². The van der Waals surface area contributed by atoms with Crippen LogP contribution in [0.15, 0.2) is 16.6 Å². The van der Waals surface area contributed by atoms with Gasteiger partial charge in [-0.05, 0) is 52.4 Å². The molecule has 0 aliphatic heterocycles. The zero-order valence-electron chi connectivity index (χ0n) is 12.5. The zero-order chi connectivity index (χ0) is 14.5. The lowest BCUT2D eigenvalue weighted by Gasteiger charge is -2.27. The van der Waals surface area contributed by atoms with Crippen molar-refractivity contribution in [2.75, 3.05) is 14.2 Å². The number of hydrogen-bond donors (Lipinski definition) is 1. The Balaban J connectivity index is 2.00. The second kappa shape index (κ2) is 7.32. The lowest BCUT2D eigenvalue weighted by molar-refractivity contribution is 0.300. The van der Waals surface area contributed by atoms with Crippen molar-refractivity contribution in [2.24, 2.45) is 5.92 Å². The molecule has 0 radical (unpaired) electrons. The van der Waals surface area contributed by atoms with Crippen LogP contribution in [0.25, 0.3) is 0 Å². The first-order valence-electron chi connectivity index (χ1n) is 7.27. The first-order chi connectivity index (χ1) is 9.63. The summed E-state index contributed by atoms with van der Waals surface area (Å²) in [6, 6.07) is 4.79. The van der Waals surface area contributed by atoms with Crippen molar-refractivity contribution in [1.82, 2.24) is 5.32 Å². The van der Waals surface area contributed by atoms with Crippen LogP contribution in [0.3, 0.4) is 0 Å². The molecule has 1 N–H and O–H groups in total. The second-order valence-corrected chi connectivity index (χ2v) is 6.52. The molecule has 0 heterocycles. The van der Waals surface area contributed by atoms with E-state index in [9.17, 15) is 0 Å². The molecule has 0 amide bonds. The fourth-order valence-electron chi connectivity index (χ4n) is 2.96. The van der Waals surface area contributed by atoms with E-state index in [0.717, 1.165) is 28.4 Å². The van der Waals surface area contributed by atoms with Gasteiger partial charge in [0.25, 0.3) is 0 Å². The van der Waals surface area contributed by atoms with Crippen LogP contribution in [-0.2, 0) is 6.54 Å². The summed E-state index contributed by atoms with van der Waals surface area (Å²) in [5.74, 6) is 2.37. The van der Waals surface area contributed by atoms with Crippen LogP contribution in [0.5, 0.6) is 11.5 Å². The maximum atomic E-state index is 5.38. The van der Waals surface area contributed by atoms with Gasteiger partial charge in [-0.3, -0.25) is 0 Å². The van der Waals surface area contributed by atoms with Crippen LogP contribution < -0.4 is 14.8 Å². The van der Waals surface area contributed by atoms with Gasteiger partial charge in [0.05, 0.1) is 18.7 Å². The zero-order valence-corrected chi connectivity index (χ0v) is 14.1. The molecule has 3 nitrogen and oxygen atoms in total. The standard InChI is InChI=1S/C16H24BrNO2/c1-11-5-4-6-13(7-11)18-10-12-8-14(17)16(20-3)15(9-12)19-2/h8-9,11,13,18H,4-7,10H2,1-3H3. The van der Waals surface area contributed by atoms with Gasteiger partial charge in [0.15, 0.2) is 11.5 Å². The predicted octanol–water partition coefficient (Wildman–Crippen LogP) is 4.13. The summed E-state index contributed by atoms with van der Waals surface area (Å²) in [5, 5.41) is 3.67. The van der Waals surface area contributed by atoms with Gasteiger partial charge in [0.2, 0.25) is 0 Å². The maximum Gasteiger partial charge on any atom is 0.174 e. The minimum Gasteiger partial charge on any atom is -0.493 e. The molecule has 1 fully saturated rings. The van der Waals surface area contributed by atoms with Gasteiger partial charge >= 0.3 is 0 Å². The number of rotatable bonds is 5. The molecular formula is C16H24BrNO2. The number of halogens is 1. The highest BCUT2D eigenvalue weighted by atomic mass is 79.9. The van der Waals surface area contributed by atoms with Gasteiger partial charge in [0, 0.05) is 12.6 Å². The molecule has 1 aliphatic rings. The Kier molecular flexibility index (Phi) is 5.73. The van der Waals surface area contributed by atoms with Crippen molar-refractivity contribution in [3.63, 3.8) is 0 Å². The average molecular weight is 342 g/mol. The van der Waals surface area contributed by atoms with Gasteiger partial charge in [-0.2, -0.15) is 0 Å². The molecule has 2 atom stereocenters. The molecule has 112 valence electrons. The molecule has 1 aliphatic carbocycles. The SMILES string of the molecule is COc1cc(CNC2CCCC(C)C2)cc(Br)c1OC. The molecule has 1 aromatic rings. The van der Waals surface area contributed by atoms with E-state index in [0.29, 0.717) is 6.04 Å². The Morgan fingerprint density at radius 2 is 2.05 bits per heavy atom. The first kappa shape index (κ1) is 15.6. The van der Waals surface area contributed by atoms with E-state index in [4.69, 9.17) is 9.47 Å². The van der Waals surface area contributed by atoms with Crippen molar-refractivity contribution in [2.45, 2.75) is 45.2 Å². The van der Waals surface area contributed by atoms with E-state index < -0.39 is 0 Å². The quantitative estimate of drug-likeness (QED) is 0.873. The molecule has 0 spiro atoms. The number of nitrogens with one attached hydrogen (secondary N) is 1. The summed E-state index contributed by atoms with van der Waals surface area (Å²) in [4.78, 5) is 0. The van der Waals surface area contributed by atoms with Crippen molar-refractivity contribution in [3.05, 3.63) is 22.2 Å². The van der Waals surface area contributed by atoms with Gasteiger partial charge in [-0.1, -0.05) is 19.8 Å². The summed E-state index contributed by atoms with van der Waals surface area (Å²) in [6.07, 6.45) is 5.29. The largest absolute Gasteiger partial charge is 0.493 e. The molecule has 0 aromatic heterocycles. The van der Waals surface area contributed by atoms with Crippen LogP contribution >= 0.6 is 15.9 Å². The van der Waals surface area contributed by atoms with Gasteiger partial charge in [0.1, 0.15) is 0 Å². The third-order valence-electron chi connectivity index (χ3n) is 4.02. The van der Waals surface area contributed by atoms with Gasteiger partial charge < -0.3 is 14.8 Å². The van der Waals surface area contributed by atoms with Crippen LogP contribution in [0, 0.1) is 5.92 Å². The van der Waals surface area contributed by atoms with Crippen LogP contribution in [0.2, 0.25) is 0 Å². The Hall–Kier alpha value is -0.740. The molecule has 20 heavy (non-hydrogen) atoms. The fraction of sp³-hybridized carbons (Fsp3) is 0.625. The number of ether oxygens (including phenoxy) is 2. The van der Waals surface area contributed by atoms with E-state index in [1.54, 1.807) is 14.2 Å². The normalized spacial score (nSPS) is 22.6. The summed E-state index contributed by atoms with van der Waals surface area (Å²) in [5.41, 5.74) is 1.22. The Bertz CT molecular complexity index is 450. The lowest BCUT2D eigenvalue weighted by atomic mass is 9.87. The molecule has 4 heteroatoms. The van der Waals surface area contributed by atoms with Gasteiger partial charge in [-0.15, -0.1) is 0 Å². The minimum absolute atomic E-state index is 0.644. The molecule has 2 unspecified atom stereocenters. The molecule has 0 saturated heterocycles. The Labute approximate surface area is 130 Å². The number of methoxy groups -OCH3 is 2. The van der Waals surface area contributed by atoms with E-state index in [1.807, 2.05) is 6.07 Å².